The van der Waals surface area contributed by atoms with Crippen molar-refractivity contribution in [3.8, 4) is 0 Å². The largest absolute Gasteiger partial charge is 0.397 e. The van der Waals surface area contributed by atoms with E-state index in [-0.39, 0.29) is 5.78 Å². The smallest absolute Gasteiger partial charge is 0.166 e. The maximum Gasteiger partial charge on any atom is 0.166 e. The van der Waals surface area contributed by atoms with Crippen molar-refractivity contribution in [2.45, 2.75) is 6.42 Å². The van der Waals surface area contributed by atoms with E-state index in [0.717, 1.165) is 10.2 Å². The summed E-state index contributed by atoms with van der Waals surface area (Å²) in [6.07, 6.45) is 0.545. The first-order chi connectivity index (χ1) is 6.18. The van der Waals surface area contributed by atoms with Crippen molar-refractivity contribution in [2.24, 2.45) is 0 Å². The van der Waals surface area contributed by atoms with Crippen LogP contribution in [-0.2, 0) is 0 Å². The molecule has 4 heteroatoms. The molecule has 0 fully saturated rings. The molecular formula is C9H9BrN2O. The van der Waals surface area contributed by atoms with Gasteiger partial charge in [-0.05, 0) is 12.1 Å². The van der Waals surface area contributed by atoms with Gasteiger partial charge in [0.25, 0.3) is 0 Å². The average Bonchev–Trinajstić information content (AvgIpc) is 2.07. The Morgan fingerprint density at radius 1 is 1.46 bits per heavy atom. The van der Waals surface area contributed by atoms with Crippen molar-refractivity contribution in [3.05, 3.63) is 22.2 Å². The minimum Gasteiger partial charge on any atom is -0.397 e. The van der Waals surface area contributed by atoms with E-state index in [2.05, 4.69) is 21.2 Å². The Labute approximate surface area is 84.4 Å². The topological polar surface area (TPSA) is 55.1 Å². The van der Waals surface area contributed by atoms with Crippen LogP contribution in [0.1, 0.15) is 16.8 Å². The van der Waals surface area contributed by atoms with E-state index in [9.17, 15) is 4.79 Å². The predicted molar refractivity (Wildman–Crippen MR) is 56.0 cm³/mol. The molecule has 0 atom stereocenters. The van der Waals surface area contributed by atoms with Crippen molar-refractivity contribution in [3.63, 3.8) is 0 Å². The lowest BCUT2D eigenvalue weighted by molar-refractivity contribution is 0.0984. The fourth-order valence-electron chi connectivity index (χ4n) is 1.48. The average molecular weight is 241 g/mol. The number of hydrogen-bond acceptors (Lipinski definition) is 3. The van der Waals surface area contributed by atoms with Crippen LogP contribution in [0.15, 0.2) is 16.6 Å². The van der Waals surface area contributed by atoms with Crippen LogP contribution in [-0.4, -0.2) is 12.3 Å². The van der Waals surface area contributed by atoms with Gasteiger partial charge >= 0.3 is 0 Å². The second-order valence-electron chi connectivity index (χ2n) is 3.02. The molecule has 0 bridgehead atoms. The van der Waals surface area contributed by atoms with Gasteiger partial charge in [-0.25, -0.2) is 0 Å². The molecule has 0 spiro atoms. The van der Waals surface area contributed by atoms with Gasteiger partial charge < -0.3 is 11.1 Å². The first kappa shape index (κ1) is 8.56. The van der Waals surface area contributed by atoms with Crippen molar-refractivity contribution < 1.29 is 4.79 Å². The Balaban J connectivity index is 2.63. The summed E-state index contributed by atoms with van der Waals surface area (Å²) in [5.74, 6) is 0.154. The number of ketones is 1. The molecule has 1 heterocycles. The lowest BCUT2D eigenvalue weighted by Crippen LogP contribution is -2.19. The monoisotopic (exact) mass is 240 g/mol. The SMILES string of the molecule is Nc1cc(Br)cc2c1NCCC2=O. The lowest BCUT2D eigenvalue weighted by Gasteiger charge is -2.18. The number of nitrogen functional groups attached to an aromatic ring is 1. The maximum atomic E-state index is 11.5. The highest BCUT2D eigenvalue weighted by atomic mass is 79.9. The summed E-state index contributed by atoms with van der Waals surface area (Å²) in [5, 5.41) is 3.12. The summed E-state index contributed by atoms with van der Waals surface area (Å²) in [6.45, 7) is 0.678. The molecule has 1 aliphatic rings. The van der Waals surface area contributed by atoms with Crippen LogP contribution in [0.3, 0.4) is 0 Å². The van der Waals surface area contributed by atoms with Crippen LogP contribution in [0.25, 0.3) is 0 Å². The van der Waals surface area contributed by atoms with Crippen LogP contribution in [0, 0.1) is 0 Å². The number of rotatable bonds is 0. The van der Waals surface area contributed by atoms with Crippen LogP contribution < -0.4 is 11.1 Å². The summed E-state index contributed by atoms with van der Waals surface area (Å²) in [4.78, 5) is 11.5. The summed E-state index contributed by atoms with van der Waals surface area (Å²) < 4.78 is 0.848. The van der Waals surface area contributed by atoms with Gasteiger partial charge in [0.15, 0.2) is 5.78 Å². The van der Waals surface area contributed by atoms with Crippen LogP contribution >= 0.6 is 15.9 Å². The minimum atomic E-state index is 0.154. The highest BCUT2D eigenvalue weighted by Crippen LogP contribution is 2.31. The number of nitrogens with one attached hydrogen (secondary N) is 1. The maximum absolute atomic E-state index is 11.5. The lowest BCUT2D eigenvalue weighted by atomic mass is 10.0. The number of carbonyl (C=O) groups excluding carboxylic acids is 1. The van der Waals surface area contributed by atoms with E-state index in [1.165, 1.54) is 0 Å². The highest BCUT2D eigenvalue weighted by molar-refractivity contribution is 9.10. The second kappa shape index (κ2) is 3.03. The zero-order chi connectivity index (χ0) is 9.42. The van der Waals surface area contributed by atoms with Crippen molar-refractivity contribution in [1.82, 2.24) is 0 Å². The molecule has 3 N–H and O–H groups in total. The Hall–Kier alpha value is -1.03. The molecule has 0 amide bonds. The standard InChI is InChI=1S/C9H9BrN2O/c10-5-3-6-8(13)1-2-12-9(6)7(11)4-5/h3-4,12H,1-2,11H2. The van der Waals surface area contributed by atoms with Crippen LogP contribution in [0.2, 0.25) is 0 Å². The molecule has 1 aromatic rings. The van der Waals surface area contributed by atoms with Crippen molar-refractivity contribution >= 4 is 33.1 Å². The molecule has 68 valence electrons. The zero-order valence-electron chi connectivity index (χ0n) is 6.93. The van der Waals surface area contributed by atoms with Crippen LogP contribution in [0.4, 0.5) is 11.4 Å². The summed E-state index contributed by atoms with van der Waals surface area (Å²) in [5.41, 5.74) is 7.85. The molecule has 0 radical (unpaired) electrons. The quantitative estimate of drug-likeness (QED) is 0.683. The second-order valence-corrected chi connectivity index (χ2v) is 3.93. The van der Waals surface area contributed by atoms with Gasteiger partial charge in [0, 0.05) is 23.0 Å². The van der Waals surface area contributed by atoms with Gasteiger partial charge in [0.1, 0.15) is 0 Å². The van der Waals surface area contributed by atoms with E-state index >= 15 is 0 Å². The Bertz CT molecular complexity index is 376. The number of halogens is 1. The van der Waals surface area contributed by atoms with E-state index in [1.54, 1.807) is 12.1 Å². The number of anilines is 2. The first-order valence-electron chi connectivity index (χ1n) is 4.04. The molecule has 13 heavy (non-hydrogen) atoms. The third-order valence-electron chi connectivity index (χ3n) is 2.09. The number of hydrogen-bond donors (Lipinski definition) is 2. The molecule has 1 aliphatic heterocycles. The molecule has 0 saturated carbocycles. The normalized spacial score (nSPS) is 15.0. The van der Waals surface area contributed by atoms with Gasteiger partial charge in [-0.1, -0.05) is 15.9 Å². The van der Waals surface area contributed by atoms with Gasteiger partial charge in [0.2, 0.25) is 0 Å². The Morgan fingerprint density at radius 2 is 2.23 bits per heavy atom. The predicted octanol–water partition coefficient (Wildman–Crippen LogP) is 2.03. The number of carbonyl (C=O) groups is 1. The van der Waals surface area contributed by atoms with Crippen molar-refractivity contribution in [2.75, 3.05) is 17.6 Å². The van der Waals surface area contributed by atoms with Crippen LogP contribution in [0.5, 0.6) is 0 Å². The van der Waals surface area contributed by atoms with Gasteiger partial charge in [-0.2, -0.15) is 0 Å². The third kappa shape index (κ3) is 1.42. The van der Waals surface area contributed by atoms with Gasteiger partial charge in [-0.15, -0.1) is 0 Å². The first-order valence-corrected chi connectivity index (χ1v) is 4.84. The number of Topliss-reactive ketones (excluding diaryl/α,β-unsaturated/α-hetero) is 1. The number of nitrogens with two attached hydrogens (primary N) is 1. The van der Waals surface area contributed by atoms with Gasteiger partial charge in [-0.3, -0.25) is 4.79 Å². The summed E-state index contributed by atoms with van der Waals surface area (Å²) in [6, 6.07) is 3.60. The highest BCUT2D eigenvalue weighted by Gasteiger charge is 2.18. The zero-order valence-corrected chi connectivity index (χ0v) is 8.52. The molecule has 0 saturated heterocycles. The molecule has 0 aromatic heterocycles. The van der Waals surface area contributed by atoms with E-state index in [4.69, 9.17) is 5.73 Å². The fourth-order valence-corrected chi connectivity index (χ4v) is 1.96. The molecule has 0 aliphatic carbocycles. The van der Waals surface area contributed by atoms with E-state index in [0.29, 0.717) is 24.2 Å². The third-order valence-corrected chi connectivity index (χ3v) is 2.55. The molecule has 3 nitrogen and oxygen atoms in total. The number of benzene rings is 1. The van der Waals surface area contributed by atoms with E-state index < -0.39 is 0 Å². The van der Waals surface area contributed by atoms with Crippen molar-refractivity contribution in [1.29, 1.82) is 0 Å². The molecular weight excluding hydrogens is 232 g/mol. The molecule has 0 unspecified atom stereocenters. The summed E-state index contributed by atoms with van der Waals surface area (Å²) in [7, 11) is 0. The van der Waals surface area contributed by atoms with Gasteiger partial charge in [0.05, 0.1) is 11.4 Å². The fraction of sp³-hybridized carbons (Fsp3) is 0.222. The Kier molecular flexibility index (Phi) is 2.00. The molecule has 1 aromatic carbocycles. The summed E-state index contributed by atoms with van der Waals surface area (Å²) >= 11 is 3.31. The molecule has 2 rings (SSSR count). The van der Waals surface area contributed by atoms with E-state index in [1.807, 2.05) is 0 Å². The Morgan fingerprint density at radius 3 is 3.00 bits per heavy atom. The minimum absolute atomic E-state index is 0.154. The number of fused-ring (bicyclic) bond motifs is 1.